The molecule has 1 heterocycles. The van der Waals surface area contributed by atoms with E-state index in [4.69, 9.17) is 0 Å². The van der Waals surface area contributed by atoms with Crippen molar-refractivity contribution in [2.45, 2.75) is 38.0 Å². The minimum absolute atomic E-state index is 0.235. The monoisotopic (exact) mass is 231 g/mol. The fourth-order valence-corrected chi connectivity index (χ4v) is 2.48. The summed E-state index contributed by atoms with van der Waals surface area (Å²) < 4.78 is 26.0. The Morgan fingerprint density at radius 3 is 2.73 bits per heavy atom. The standard InChI is InChI=1S/C9H17N3O2S/c1-3-4-5-6-11-15(13,14)9-7-10-12-8(9)2/h7,11H,3-6H2,1-2H3,(H,10,12). The molecule has 1 rings (SSSR count). The number of aryl methyl sites for hydroxylation is 1. The highest BCUT2D eigenvalue weighted by Crippen LogP contribution is 2.10. The van der Waals surface area contributed by atoms with Gasteiger partial charge in [0.15, 0.2) is 0 Å². The van der Waals surface area contributed by atoms with Gasteiger partial charge in [-0.1, -0.05) is 19.8 Å². The van der Waals surface area contributed by atoms with Gasteiger partial charge in [-0.2, -0.15) is 5.10 Å². The van der Waals surface area contributed by atoms with Gasteiger partial charge >= 0.3 is 0 Å². The van der Waals surface area contributed by atoms with Crippen LogP contribution in [0, 0.1) is 6.92 Å². The van der Waals surface area contributed by atoms with Crippen molar-refractivity contribution in [3.8, 4) is 0 Å². The first kappa shape index (κ1) is 12.2. The van der Waals surface area contributed by atoms with Gasteiger partial charge in [0.2, 0.25) is 10.0 Å². The maximum atomic E-state index is 11.7. The molecule has 0 aliphatic heterocycles. The van der Waals surface area contributed by atoms with Crippen LogP contribution in [0.5, 0.6) is 0 Å². The van der Waals surface area contributed by atoms with Crippen LogP contribution in [0.25, 0.3) is 0 Å². The predicted molar refractivity (Wildman–Crippen MR) is 58.0 cm³/mol. The summed E-state index contributed by atoms with van der Waals surface area (Å²) >= 11 is 0. The van der Waals surface area contributed by atoms with Crippen LogP contribution in [0.3, 0.4) is 0 Å². The van der Waals surface area contributed by atoms with Gasteiger partial charge in [-0.05, 0) is 13.3 Å². The van der Waals surface area contributed by atoms with Gasteiger partial charge in [0, 0.05) is 6.54 Å². The fourth-order valence-electron chi connectivity index (χ4n) is 1.27. The lowest BCUT2D eigenvalue weighted by molar-refractivity contribution is 0.575. The van der Waals surface area contributed by atoms with Crippen molar-refractivity contribution in [2.24, 2.45) is 0 Å². The van der Waals surface area contributed by atoms with E-state index in [2.05, 4.69) is 21.8 Å². The van der Waals surface area contributed by atoms with Gasteiger partial charge in [-0.15, -0.1) is 0 Å². The summed E-state index contributed by atoms with van der Waals surface area (Å²) in [5.74, 6) is 0. The number of nitrogens with zero attached hydrogens (tertiary/aromatic N) is 1. The third kappa shape index (κ3) is 3.32. The summed E-state index contributed by atoms with van der Waals surface area (Å²) in [6, 6.07) is 0. The number of aromatic amines is 1. The minimum Gasteiger partial charge on any atom is -0.281 e. The van der Waals surface area contributed by atoms with Crippen LogP contribution >= 0.6 is 0 Å². The fraction of sp³-hybridized carbons (Fsp3) is 0.667. The quantitative estimate of drug-likeness (QED) is 0.722. The highest BCUT2D eigenvalue weighted by molar-refractivity contribution is 7.89. The van der Waals surface area contributed by atoms with Gasteiger partial charge in [-0.3, -0.25) is 5.10 Å². The SMILES string of the molecule is CCCCCNS(=O)(=O)c1cn[nH]c1C. The van der Waals surface area contributed by atoms with Crippen LogP contribution in [-0.4, -0.2) is 25.2 Å². The molecule has 0 atom stereocenters. The molecule has 0 saturated heterocycles. The number of unbranched alkanes of at least 4 members (excludes halogenated alkanes) is 2. The largest absolute Gasteiger partial charge is 0.281 e. The second-order valence-corrected chi connectivity index (χ2v) is 5.20. The first-order valence-electron chi connectivity index (χ1n) is 5.07. The first-order valence-corrected chi connectivity index (χ1v) is 6.56. The minimum atomic E-state index is -3.37. The topological polar surface area (TPSA) is 74.8 Å². The van der Waals surface area contributed by atoms with Crippen molar-refractivity contribution in [3.63, 3.8) is 0 Å². The maximum absolute atomic E-state index is 11.7. The first-order chi connectivity index (χ1) is 7.08. The number of hydrogen-bond acceptors (Lipinski definition) is 3. The molecule has 0 saturated carbocycles. The van der Waals surface area contributed by atoms with Crippen LogP contribution < -0.4 is 4.72 Å². The number of nitrogens with one attached hydrogen (secondary N) is 2. The van der Waals surface area contributed by atoms with Crippen molar-refractivity contribution in [1.29, 1.82) is 0 Å². The molecule has 86 valence electrons. The molecule has 2 N–H and O–H groups in total. The van der Waals surface area contributed by atoms with Crippen molar-refractivity contribution in [1.82, 2.24) is 14.9 Å². The Kier molecular flexibility index (Phi) is 4.28. The van der Waals surface area contributed by atoms with E-state index < -0.39 is 10.0 Å². The van der Waals surface area contributed by atoms with Gasteiger partial charge in [0.1, 0.15) is 4.90 Å². The number of rotatable bonds is 6. The van der Waals surface area contributed by atoms with Gasteiger partial charge in [-0.25, -0.2) is 13.1 Å². The average molecular weight is 231 g/mol. The van der Waals surface area contributed by atoms with Crippen molar-refractivity contribution in [2.75, 3.05) is 6.54 Å². The Balaban J connectivity index is 2.57. The summed E-state index contributed by atoms with van der Waals surface area (Å²) in [6.07, 6.45) is 4.31. The van der Waals surface area contributed by atoms with Crippen molar-refractivity contribution in [3.05, 3.63) is 11.9 Å². The van der Waals surface area contributed by atoms with E-state index in [0.29, 0.717) is 12.2 Å². The van der Waals surface area contributed by atoms with Crippen molar-refractivity contribution >= 4 is 10.0 Å². The smallest absolute Gasteiger partial charge is 0.243 e. The summed E-state index contributed by atoms with van der Waals surface area (Å²) in [5.41, 5.74) is 0.568. The van der Waals surface area contributed by atoms with E-state index in [1.807, 2.05) is 0 Å². The Morgan fingerprint density at radius 1 is 1.47 bits per heavy atom. The van der Waals surface area contributed by atoms with E-state index in [1.165, 1.54) is 6.20 Å². The number of H-pyrrole nitrogens is 1. The molecule has 1 aromatic heterocycles. The summed E-state index contributed by atoms with van der Waals surface area (Å²) in [6.45, 7) is 4.25. The molecular weight excluding hydrogens is 214 g/mol. The normalized spacial score (nSPS) is 11.9. The van der Waals surface area contributed by atoms with E-state index >= 15 is 0 Å². The average Bonchev–Trinajstić information content (AvgIpc) is 2.60. The molecule has 15 heavy (non-hydrogen) atoms. The number of aromatic nitrogens is 2. The third-order valence-corrected chi connectivity index (χ3v) is 3.72. The van der Waals surface area contributed by atoms with Gasteiger partial charge in [0.25, 0.3) is 0 Å². The molecule has 0 unspecified atom stereocenters. The third-order valence-electron chi connectivity index (χ3n) is 2.15. The molecule has 0 aliphatic carbocycles. The number of sulfonamides is 1. The molecular formula is C9H17N3O2S. The van der Waals surface area contributed by atoms with Crippen LogP contribution in [0.4, 0.5) is 0 Å². The van der Waals surface area contributed by atoms with Crippen LogP contribution in [-0.2, 0) is 10.0 Å². The van der Waals surface area contributed by atoms with E-state index in [0.717, 1.165) is 19.3 Å². The molecule has 0 aliphatic rings. The van der Waals surface area contributed by atoms with Crippen molar-refractivity contribution < 1.29 is 8.42 Å². The maximum Gasteiger partial charge on any atom is 0.243 e. The zero-order chi connectivity index (χ0) is 11.3. The Morgan fingerprint density at radius 2 is 2.20 bits per heavy atom. The van der Waals surface area contributed by atoms with E-state index in [-0.39, 0.29) is 4.90 Å². The van der Waals surface area contributed by atoms with Gasteiger partial charge < -0.3 is 0 Å². The molecule has 0 aromatic carbocycles. The summed E-state index contributed by atoms with van der Waals surface area (Å²) in [7, 11) is -3.37. The molecule has 0 amide bonds. The Labute approximate surface area is 90.3 Å². The second kappa shape index (κ2) is 5.27. The lowest BCUT2D eigenvalue weighted by Crippen LogP contribution is -2.25. The highest BCUT2D eigenvalue weighted by atomic mass is 32.2. The van der Waals surface area contributed by atoms with Crippen LogP contribution in [0.2, 0.25) is 0 Å². The predicted octanol–water partition coefficient (Wildman–Crippen LogP) is 1.19. The highest BCUT2D eigenvalue weighted by Gasteiger charge is 2.17. The summed E-state index contributed by atoms with van der Waals surface area (Å²) in [4.78, 5) is 0.235. The zero-order valence-corrected chi connectivity index (χ0v) is 9.89. The second-order valence-electron chi connectivity index (χ2n) is 3.46. The summed E-state index contributed by atoms with van der Waals surface area (Å²) in [5, 5.41) is 6.30. The Bertz CT molecular complexity index is 397. The molecule has 0 bridgehead atoms. The zero-order valence-electron chi connectivity index (χ0n) is 9.08. The van der Waals surface area contributed by atoms with E-state index in [9.17, 15) is 8.42 Å². The lowest BCUT2D eigenvalue weighted by atomic mass is 10.3. The molecule has 1 aromatic rings. The Hall–Kier alpha value is -0.880. The molecule has 6 heteroatoms. The van der Waals surface area contributed by atoms with Crippen LogP contribution in [0.1, 0.15) is 31.9 Å². The molecule has 0 fully saturated rings. The van der Waals surface area contributed by atoms with Crippen LogP contribution in [0.15, 0.2) is 11.1 Å². The lowest BCUT2D eigenvalue weighted by Gasteiger charge is -2.04. The number of hydrogen-bond donors (Lipinski definition) is 2. The molecule has 0 spiro atoms. The van der Waals surface area contributed by atoms with E-state index in [1.54, 1.807) is 6.92 Å². The molecule has 5 nitrogen and oxygen atoms in total. The van der Waals surface area contributed by atoms with Gasteiger partial charge in [0.05, 0.1) is 11.9 Å². The molecule has 0 radical (unpaired) electrons.